The summed E-state index contributed by atoms with van der Waals surface area (Å²) in [7, 11) is 0. The third-order valence-corrected chi connectivity index (χ3v) is 5.40. The third-order valence-electron chi connectivity index (χ3n) is 4.48. The molecule has 3 aromatic heterocycles. The van der Waals surface area contributed by atoms with E-state index in [9.17, 15) is 0 Å². The highest BCUT2D eigenvalue weighted by Crippen LogP contribution is 2.35. The predicted molar refractivity (Wildman–Crippen MR) is 96.2 cm³/mol. The van der Waals surface area contributed by atoms with E-state index in [1.807, 2.05) is 5.38 Å². The average molecular weight is 353 g/mol. The first kappa shape index (κ1) is 16.1. The summed E-state index contributed by atoms with van der Waals surface area (Å²) in [5.41, 5.74) is 5.33. The number of nitrogens with one attached hydrogen (secondary N) is 2. The van der Waals surface area contributed by atoms with Crippen molar-refractivity contribution in [2.45, 2.75) is 25.9 Å². The van der Waals surface area contributed by atoms with Crippen molar-refractivity contribution in [1.29, 1.82) is 0 Å². The van der Waals surface area contributed by atoms with E-state index >= 15 is 0 Å². The van der Waals surface area contributed by atoms with Crippen LogP contribution >= 0.6 is 11.3 Å². The molecule has 0 aromatic carbocycles. The monoisotopic (exact) mass is 353 g/mol. The molecule has 0 fully saturated rings. The number of rotatable bonds is 3. The van der Waals surface area contributed by atoms with Crippen LogP contribution < -0.4 is 0 Å². The zero-order valence-electron chi connectivity index (χ0n) is 13.9. The van der Waals surface area contributed by atoms with Gasteiger partial charge in [-0.25, -0.2) is 9.97 Å². The second-order valence-corrected chi connectivity index (χ2v) is 7.06. The predicted octanol–water partition coefficient (Wildman–Crippen LogP) is 1.99. The third kappa shape index (κ3) is 3.12. The first-order chi connectivity index (χ1) is 12.3. The number of nitrogens with zero attached hydrogens (tertiary/aromatic N) is 3. The Balaban J connectivity index is 1.64. The lowest BCUT2D eigenvalue weighted by Gasteiger charge is -2.34. The molecular weight excluding hydrogens is 334 g/mol. The molecule has 1 atom stereocenters. The number of aryl methyl sites for hydroxylation is 1. The molecule has 0 saturated heterocycles. The fourth-order valence-electron chi connectivity index (χ4n) is 3.31. The van der Waals surface area contributed by atoms with Gasteiger partial charge >= 0.3 is 0 Å². The molecule has 1 aliphatic rings. The van der Waals surface area contributed by atoms with Gasteiger partial charge in [0.25, 0.3) is 0 Å². The van der Waals surface area contributed by atoms with Gasteiger partial charge < -0.3 is 15.1 Å². The van der Waals surface area contributed by atoms with E-state index < -0.39 is 0 Å². The van der Waals surface area contributed by atoms with Gasteiger partial charge in [0, 0.05) is 46.7 Å². The Labute approximate surface area is 150 Å². The summed E-state index contributed by atoms with van der Waals surface area (Å²) in [5.74, 6) is 5.67. The molecule has 4 rings (SSSR count). The van der Waals surface area contributed by atoms with Gasteiger partial charge in [-0.2, -0.15) is 0 Å². The van der Waals surface area contributed by atoms with Crippen LogP contribution in [0.5, 0.6) is 0 Å². The highest BCUT2D eigenvalue weighted by Gasteiger charge is 2.33. The molecule has 0 saturated carbocycles. The standard InChI is InChI=1S/C18H19N5OS/c1-12-16(21-10-19-12)18-17-15(20-11-22-17)4-5-23(18)8-14-7-13(9-25-14)3-2-6-24/h7,9-11,18,24H,4-6,8H2,1H3,(H,19,21)(H,20,22)/t18-/m1/s1. The van der Waals surface area contributed by atoms with Gasteiger partial charge in [-0.1, -0.05) is 11.8 Å². The molecule has 4 heterocycles. The molecule has 0 amide bonds. The largest absolute Gasteiger partial charge is 0.384 e. The van der Waals surface area contributed by atoms with Crippen molar-refractivity contribution in [1.82, 2.24) is 24.8 Å². The lowest BCUT2D eigenvalue weighted by atomic mass is 9.98. The van der Waals surface area contributed by atoms with Crippen LogP contribution in [0.2, 0.25) is 0 Å². The molecule has 0 unspecified atom stereocenters. The minimum absolute atomic E-state index is 0.0512. The Morgan fingerprint density at radius 3 is 2.96 bits per heavy atom. The van der Waals surface area contributed by atoms with E-state index in [0.717, 1.165) is 42.2 Å². The van der Waals surface area contributed by atoms with Gasteiger partial charge in [0.15, 0.2) is 0 Å². The maximum absolute atomic E-state index is 8.84. The fourth-order valence-corrected chi connectivity index (χ4v) is 4.15. The Morgan fingerprint density at radius 1 is 1.32 bits per heavy atom. The van der Waals surface area contributed by atoms with Crippen molar-refractivity contribution < 1.29 is 5.11 Å². The molecule has 25 heavy (non-hydrogen) atoms. The molecule has 3 N–H and O–H groups in total. The summed E-state index contributed by atoms with van der Waals surface area (Å²) in [6, 6.07) is 2.15. The Hall–Kier alpha value is -2.40. The summed E-state index contributed by atoms with van der Waals surface area (Å²) < 4.78 is 0. The van der Waals surface area contributed by atoms with Crippen molar-refractivity contribution in [3.63, 3.8) is 0 Å². The summed E-state index contributed by atoms with van der Waals surface area (Å²) in [5, 5.41) is 10.9. The summed E-state index contributed by atoms with van der Waals surface area (Å²) in [6.07, 6.45) is 4.48. The highest BCUT2D eigenvalue weighted by atomic mass is 32.1. The molecule has 3 aromatic rings. The van der Waals surface area contributed by atoms with Crippen molar-refractivity contribution in [3.05, 3.63) is 57.3 Å². The van der Waals surface area contributed by atoms with E-state index in [4.69, 9.17) is 5.11 Å². The summed E-state index contributed by atoms with van der Waals surface area (Å²) in [6.45, 7) is 3.71. The zero-order valence-corrected chi connectivity index (χ0v) is 14.7. The molecule has 0 bridgehead atoms. The van der Waals surface area contributed by atoms with Gasteiger partial charge in [0.1, 0.15) is 6.61 Å². The molecule has 0 spiro atoms. The van der Waals surface area contributed by atoms with Crippen LogP contribution in [0.15, 0.2) is 24.1 Å². The average Bonchev–Trinajstić information content (AvgIpc) is 3.34. The molecule has 1 aliphatic heterocycles. The van der Waals surface area contributed by atoms with Gasteiger partial charge in [-0.05, 0) is 13.0 Å². The first-order valence-electron chi connectivity index (χ1n) is 8.19. The first-order valence-corrected chi connectivity index (χ1v) is 9.07. The fraction of sp³-hybridized carbons (Fsp3) is 0.333. The molecule has 7 heteroatoms. The normalized spacial score (nSPS) is 17.1. The van der Waals surface area contributed by atoms with Crippen LogP contribution in [0.4, 0.5) is 0 Å². The summed E-state index contributed by atoms with van der Waals surface area (Å²) >= 11 is 1.70. The van der Waals surface area contributed by atoms with E-state index in [-0.39, 0.29) is 12.6 Å². The number of thiophene rings is 1. The highest BCUT2D eigenvalue weighted by molar-refractivity contribution is 7.10. The molecular formula is C18H19N5OS. The second kappa shape index (κ2) is 6.84. The van der Waals surface area contributed by atoms with E-state index in [1.165, 1.54) is 10.6 Å². The zero-order chi connectivity index (χ0) is 17.2. The number of imidazole rings is 2. The van der Waals surface area contributed by atoms with Crippen LogP contribution in [-0.2, 0) is 13.0 Å². The number of aliphatic hydroxyl groups excluding tert-OH is 1. The van der Waals surface area contributed by atoms with Gasteiger partial charge in [0.05, 0.1) is 30.1 Å². The van der Waals surface area contributed by atoms with Crippen LogP contribution in [0, 0.1) is 18.8 Å². The lowest BCUT2D eigenvalue weighted by Crippen LogP contribution is -2.36. The van der Waals surface area contributed by atoms with E-state index in [2.05, 4.69) is 49.7 Å². The SMILES string of the molecule is Cc1[nH]cnc1[C@@H]1c2nc[nH]c2CCN1Cc1cc(C#CCO)cs1. The smallest absolute Gasteiger partial charge is 0.104 e. The maximum atomic E-state index is 8.84. The van der Waals surface area contributed by atoms with Crippen LogP contribution in [0.25, 0.3) is 0 Å². The molecule has 0 radical (unpaired) electrons. The second-order valence-electron chi connectivity index (χ2n) is 6.06. The van der Waals surface area contributed by atoms with Crippen molar-refractivity contribution in [3.8, 4) is 11.8 Å². The molecule has 128 valence electrons. The van der Waals surface area contributed by atoms with E-state index in [1.54, 1.807) is 24.0 Å². The number of hydrogen-bond acceptors (Lipinski definition) is 5. The van der Waals surface area contributed by atoms with E-state index in [0.29, 0.717) is 0 Å². The van der Waals surface area contributed by atoms with Gasteiger partial charge in [-0.3, -0.25) is 4.90 Å². The number of H-pyrrole nitrogens is 2. The summed E-state index contributed by atoms with van der Waals surface area (Å²) in [4.78, 5) is 19.3. The Kier molecular flexibility index (Phi) is 4.40. The quantitative estimate of drug-likeness (QED) is 0.629. The Bertz CT molecular complexity index is 929. The van der Waals surface area contributed by atoms with Crippen molar-refractivity contribution >= 4 is 11.3 Å². The molecule has 0 aliphatic carbocycles. The van der Waals surface area contributed by atoms with Crippen molar-refractivity contribution in [2.24, 2.45) is 0 Å². The number of aromatic nitrogens is 4. The molecule has 6 nitrogen and oxygen atoms in total. The number of aliphatic hydroxyl groups is 1. The topological polar surface area (TPSA) is 80.8 Å². The number of fused-ring (bicyclic) bond motifs is 1. The van der Waals surface area contributed by atoms with Gasteiger partial charge in [0.2, 0.25) is 0 Å². The number of hydrogen-bond donors (Lipinski definition) is 3. The van der Waals surface area contributed by atoms with Crippen LogP contribution in [-0.4, -0.2) is 43.1 Å². The Morgan fingerprint density at radius 2 is 2.16 bits per heavy atom. The minimum atomic E-state index is -0.111. The van der Waals surface area contributed by atoms with Gasteiger partial charge in [-0.15, -0.1) is 11.3 Å². The van der Waals surface area contributed by atoms with Crippen LogP contribution in [0.1, 0.15) is 39.3 Å². The maximum Gasteiger partial charge on any atom is 0.104 e. The van der Waals surface area contributed by atoms with Crippen molar-refractivity contribution in [2.75, 3.05) is 13.2 Å². The van der Waals surface area contributed by atoms with Crippen LogP contribution in [0.3, 0.4) is 0 Å². The lowest BCUT2D eigenvalue weighted by molar-refractivity contribution is 0.198. The number of aromatic amines is 2. The minimum Gasteiger partial charge on any atom is -0.384 e.